The predicted octanol–water partition coefficient (Wildman–Crippen LogP) is 11.2. The number of esters is 1. The third kappa shape index (κ3) is 34.8. The predicted molar refractivity (Wildman–Crippen MR) is 264 cm³/mol. The average molecular weight is 922 g/mol. The molecule has 0 aromatic heterocycles. The molecule has 0 aliphatic carbocycles. The fourth-order valence-electron chi connectivity index (χ4n) is 8.13. The molecule has 65 heavy (non-hydrogen) atoms. The Labute approximate surface area is 396 Å². The zero-order valence-electron chi connectivity index (χ0n) is 41.4. The zero-order chi connectivity index (χ0) is 47.4. The van der Waals surface area contributed by atoms with Gasteiger partial charge in [0.2, 0.25) is 5.91 Å². The van der Waals surface area contributed by atoms with E-state index in [0.717, 1.165) is 89.9 Å². The summed E-state index contributed by atoms with van der Waals surface area (Å²) in [6, 6.07) is -0.820. The standard InChI is InChI=1S/C54H99NO10/c1-3-5-7-9-11-13-14-18-22-26-30-34-38-42-50(59)63-43-39-35-31-27-23-20-17-15-16-19-21-25-29-33-37-41-49(58)55-46(47(57)40-36-32-28-24-12-10-8-6-4-2)45-64-54-53(62)52(61)51(60)48(44-56)65-54/h13-14,17,20,36,40,46-48,51-54,56-57,60-62H,3-12,15-16,18-19,21-35,37-39,41-45H2,1-2H3,(H,55,58)/b14-13-,20-17-,40-36+. The molecule has 1 fully saturated rings. The molecule has 0 aromatic rings. The Bertz CT molecular complexity index is 1180. The van der Waals surface area contributed by atoms with Crippen LogP contribution in [-0.4, -0.2) is 100 Å². The highest BCUT2D eigenvalue weighted by Crippen LogP contribution is 2.23. The number of hydrogen-bond acceptors (Lipinski definition) is 10. The van der Waals surface area contributed by atoms with Crippen LogP contribution < -0.4 is 5.32 Å². The molecule has 7 atom stereocenters. The Balaban J connectivity index is 2.12. The van der Waals surface area contributed by atoms with Crippen molar-refractivity contribution >= 4 is 11.9 Å². The maximum atomic E-state index is 13.0. The van der Waals surface area contributed by atoms with E-state index in [1.54, 1.807) is 6.08 Å². The van der Waals surface area contributed by atoms with Crippen LogP contribution in [0.15, 0.2) is 36.5 Å². The van der Waals surface area contributed by atoms with Crippen molar-refractivity contribution in [2.45, 2.75) is 275 Å². The van der Waals surface area contributed by atoms with E-state index in [1.165, 1.54) is 116 Å². The largest absolute Gasteiger partial charge is 0.466 e. The van der Waals surface area contributed by atoms with Crippen LogP contribution in [0.3, 0.4) is 0 Å². The Kier molecular flexibility index (Phi) is 41.6. The van der Waals surface area contributed by atoms with Crippen LogP contribution in [0.2, 0.25) is 0 Å². The van der Waals surface area contributed by atoms with Gasteiger partial charge in [-0.15, -0.1) is 0 Å². The summed E-state index contributed by atoms with van der Waals surface area (Å²) in [5.41, 5.74) is 0. The summed E-state index contributed by atoms with van der Waals surface area (Å²) in [7, 11) is 0. The van der Waals surface area contributed by atoms with E-state index in [2.05, 4.69) is 43.5 Å². The molecule has 0 radical (unpaired) electrons. The molecule has 7 unspecified atom stereocenters. The van der Waals surface area contributed by atoms with Crippen molar-refractivity contribution in [1.29, 1.82) is 0 Å². The van der Waals surface area contributed by atoms with E-state index < -0.39 is 49.5 Å². The average Bonchev–Trinajstić information content (AvgIpc) is 3.30. The quantitative estimate of drug-likeness (QED) is 0.0196. The lowest BCUT2D eigenvalue weighted by molar-refractivity contribution is -0.302. The highest BCUT2D eigenvalue weighted by Gasteiger charge is 2.44. The van der Waals surface area contributed by atoms with Gasteiger partial charge in [0.05, 0.1) is 32.0 Å². The number of amides is 1. The van der Waals surface area contributed by atoms with Crippen LogP contribution in [0, 0.1) is 0 Å². The number of rotatable bonds is 45. The summed E-state index contributed by atoms with van der Waals surface area (Å²) in [6.45, 7) is 4.23. The fraction of sp³-hybridized carbons (Fsp3) is 0.852. The van der Waals surface area contributed by atoms with E-state index in [4.69, 9.17) is 14.2 Å². The highest BCUT2D eigenvalue weighted by atomic mass is 16.7. The molecule has 1 aliphatic heterocycles. The van der Waals surface area contributed by atoms with Crippen molar-refractivity contribution in [1.82, 2.24) is 5.32 Å². The Morgan fingerprint density at radius 1 is 0.554 bits per heavy atom. The third-order valence-corrected chi connectivity index (χ3v) is 12.5. The second-order valence-corrected chi connectivity index (χ2v) is 18.6. The minimum Gasteiger partial charge on any atom is -0.466 e. The normalized spacial score (nSPS) is 20.0. The minimum absolute atomic E-state index is 0.0394. The first kappa shape index (κ1) is 60.9. The number of nitrogens with one attached hydrogen (secondary N) is 1. The van der Waals surface area contributed by atoms with Crippen LogP contribution in [-0.2, 0) is 23.8 Å². The van der Waals surface area contributed by atoms with Crippen LogP contribution in [0.25, 0.3) is 0 Å². The summed E-state index contributed by atoms with van der Waals surface area (Å²) in [5, 5.41) is 54.1. The first-order chi connectivity index (χ1) is 31.7. The van der Waals surface area contributed by atoms with Crippen LogP contribution in [0.5, 0.6) is 0 Å². The number of allylic oxidation sites excluding steroid dienone is 5. The van der Waals surface area contributed by atoms with E-state index in [9.17, 15) is 35.1 Å². The molecular weight excluding hydrogens is 823 g/mol. The second-order valence-electron chi connectivity index (χ2n) is 18.6. The number of unbranched alkanes of at least 4 members (excludes halogenated alkanes) is 27. The van der Waals surface area contributed by atoms with Gasteiger partial charge in [-0.05, 0) is 83.5 Å². The van der Waals surface area contributed by atoms with Gasteiger partial charge in [-0.2, -0.15) is 0 Å². The van der Waals surface area contributed by atoms with Crippen LogP contribution in [0.4, 0.5) is 0 Å². The fourth-order valence-corrected chi connectivity index (χ4v) is 8.13. The summed E-state index contributed by atoms with van der Waals surface area (Å²) in [5.74, 6) is -0.240. The van der Waals surface area contributed by atoms with E-state index in [-0.39, 0.29) is 18.5 Å². The molecule has 1 aliphatic rings. The molecular formula is C54H99NO10. The van der Waals surface area contributed by atoms with Gasteiger partial charge in [0.1, 0.15) is 24.4 Å². The van der Waals surface area contributed by atoms with E-state index in [1.807, 2.05) is 6.08 Å². The van der Waals surface area contributed by atoms with Crippen molar-refractivity contribution in [2.75, 3.05) is 19.8 Å². The SMILES string of the molecule is CCCCCC/C=C\CCCCCCCC(=O)OCCCCCC/C=C\CCCCCCCCCC(=O)NC(COC1OC(CO)C(O)C(O)C1O)C(O)/C=C/CCCCCCCCC. The zero-order valence-corrected chi connectivity index (χ0v) is 41.4. The lowest BCUT2D eigenvalue weighted by atomic mass is 9.99. The number of carbonyl (C=O) groups excluding carboxylic acids is 2. The number of aliphatic hydroxyl groups is 5. The Morgan fingerprint density at radius 3 is 1.49 bits per heavy atom. The van der Waals surface area contributed by atoms with Gasteiger partial charge in [-0.1, -0.05) is 172 Å². The molecule has 11 heteroatoms. The van der Waals surface area contributed by atoms with Gasteiger partial charge in [-0.25, -0.2) is 0 Å². The molecule has 1 rings (SSSR count). The topological polar surface area (TPSA) is 175 Å². The Hall–Kier alpha value is -2.12. The van der Waals surface area contributed by atoms with Gasteiger partial charge < -0.3 is 45.1 Å². The van der Waals surface area contributed by atoms with Gasteiger partial charge in [-0.3, -0.25) is 9.59 Å². The van der Waals surface area contributed by atoms with Crippen molar-refractivity contribution < 1.29 is 49.3 Å². The number of carbonyl (C=O) groups is 2. The smallest absolute Gasteiger partial charge is 0.305 e. The van der Waals surface area contributed by atoms with Crippen LogP contribution in [0.1, 0.15) is 232 Å². The maximum Gasteiger partial charge on any atom is 0.305 e. The number of aliphatic hydroxyl groups excluding tert-OH is 5. The molecule has 380 valence electrons. The van der Waals surface area contributed by atoms with Gasteiger partial charge >= 0.3 is 5.97 Å². The molecule has 6 N–H and O–H groups in total. The summed E-state index contributed by atoms with van der Waals surface area (Å²) in [4.78, 5) is 25.0. The van der Waals surface area contributed by atoms with Gasteiger partial charge in [0.25, 0.3) is 0 Å². The Morgan fingerprint density at radius 2 is 0.985 bits per heavy atom. The highest BCUT2D eigenvalue weighted by molar-refractivity contribution is 5.76. The molecule has 0 saturated carbocycles. The van der Waals surface area contributed by atoms with Crippen molar-refractivity contribution in [3.8, 4) is 0 Å². The molecule has 1 saturated heterocycles. The summed E-state index contributed by atoms with van der Waals surface area (Å²) < 4.78 is 16.6. The lowest BCUT2D eigenvalue weighted by Gasteiger charge is -2.40. The molecule has 1 heterocycles. The molecule has 0 spiro atoms. The molecule has 0 aromatic carbocycles. The lowest BCUT2D eigenvalue weighted by Crippen LogP contribution is -2.60. The monoisotopic (exact) mass is 922 g/mol. The third-order valence-electron chi connectivity index (χ3n) is 12.5. The first-order valence-electron chi connectivity index (χ1n) is 26.8. The second kappa shape index (κ2) is 44.4. The molecule has 1 amide bonds. The van der Waals surface area contributed by atoms with Crippen molar-refractivity contribution in [3.63, 3.8) is 0 Å². The number of hydrogen-bond donors (Lipinski definition) is 6. The first-order valence-corrected chi connectivity index (χ1v) is 26.8. The van der Waals surface area contributed by atoms with Gasteiger partial charge in [0.15, 0.2) is 6.29 Å². The molecule has 0 bridgehead atoms. The summed E-state index contributed by atoms with van der Waals surface area (Å²) >= 11 is 0. The molecule has 11 nitrogen and oxygen atoms in total. The minimum atomic E-state index is -1.58. The summed E-state index contributed by atoms with van der Waals surface area (Å²) in [6.07, 6.45) is 42.3. The number of ether oxygens (including phenoxy) is 3. The van der Waals surface area contributed by atoms with Crippen molar-refractivity contribution in [3.05, 3.63) is 36.5 Å². The van der Waals surface area contributed by atoms with E-state index in [0.29, 0.717) is 19.4 Å². The van der Waals surface area contributed by atoms with Gasteiger partial charge in [0, 0.05) is 12.8 Å². The van der Waals surface area contributed by atoms with E-state index >= 15 is 0 Å². The maximum absolute atomic E-state index is 13.0. The van der Waals surface area contributed by atoms with Crippen LogP contribution >= 0.6 is 0 Å². The van der Waals surface area contributed by atoms with Crippen molar-refractivity contribution in [2.24, 2.45) is 0 Å².